The third-order valence-corrected chi connectivity index (χ3v) is 3.75. The lowest BCUT2D eigenvalue weighted by molar-refractivity contribution is 0.387. The number of halogens is 2. The topological polar surface area (TPSA) is 38.1 Å². The molecule has 0 spiro atoms. The van der Waals surface area contributed by atoms with Crippen molar-refractivity contribution in [1.82, 2.24) is 5.16 Å². The summed E-state index contributed by atoms with van der Waals surface area (Å²) in [4.78, 5) is 0. The van der Waals surface area contributed by atoms with E-state index < -0.39 is 0 Å². The lowest BCUT2D eigenvalue weighted by Gasteiger charge is -2.06. The summed E-state index contributed by atoms with van der Waals surface area (Å²) in [5, 5.41) is 8.44. The van der Waals surface area contributed by atoms with Gasteiger partial charge in [-0.25, -0.2) is 0 Å². The third kappa shape index (κ3) is 1.88. The van der Waals surface area contributed by atoms with E-state index in [1.807, 2.05) is 13.1 Å². The van der Waals surface area contributed by atoms with Gasteiger partial charge in [-0.1, -0.05) is 34.4 Å². The molecule has 1 aromatic carbocycles. The molecule has 3 rings (SSSR count). The van der Waals surface area contributed by atoms with Gasteiger partial charge in [0.15, 0.2) is 5.76 Å². The first-order valence-electron chi connectivity index (χ1n) is 5.84. The number of anilines is 1. The zero-order valence-electron chi connectivity index (χ0n) is 9.84. The van der Waals surface area contributed by atoms with Crippen LogP contribution >= 0.6 is 23.2 Å². The van der Waals surface area contributed by atoms with Crippen molar-refractivity contribution in [1.29, 1.82) is 0 Å². The normalized spacial score (nSPS) is 14.8. The molecular formula is C13H12Cl2N2O. The molecule has 2 aromatic rings. The van der Waals surface area contributed by atoms with Crippen LogP contribution in [0, 0.1) is 0 Å². The Kier molecular flexibility index (Phi) is 2.96. The van der Waals surface area contributed by atoms with Crippen molar-refractivity contribution in [2.45, 2.75) is 18.8 Å². The maximum absolute atomic E-state index is 6.20. The maximum atomic E-state index is 6.20. The second kappa shape index (κ2) is 4.48. The summed E-state index contributed by atoms with van der Waals surface area (Å²) < 4.78 is 5.45. The van der Waals surface area contributed by atoms with Crippen molar-refractivity contribution in [3.05, 3.63) is 34.0 Å². The zero-order chi connectivity index (χ0) is 12.7. The van der Waals surface area contributed by atoms with Crippen LogP contribution in [0.15, 0.2) is 22.7 Å². The highest BCUT2D eigenvalue weighted by Crippen LogP contribution is 2.48. The Morgan fingerprint density at radius 2 is 1.94 bits per heavy atom. The average molecular weight is 283 g/mol. The van der Waals surface area contributed by atoms with Crippen LogP contribution in [0.2, 0.25) is 10.0 Å². The van der Waals surface area contributed by atoms with Gasteiger partial charge in [0.1, 0.15) is 11.4 Å². The lowest BCUT2D eigenvalue weighted by atomic mass is 10.1. The number of nitrogens with one attached hydrogen (secondary N) is 1. The molecule has 0 atom stereocenters. The Labute approximate surface area is 115 Å². The molecule has 5 heteroatoms. The fraction of sp³-hybridized carbons (Fsp3) is 0.308. The first kappa shape index (κ1) is 11.9. The van der Waals surface area contributed by atoms with Crippen molar-refractivity contribution < 1.29 is 4.52 Å². The smallest absolute Gasteiger partial charge is 0.163 e. The molecule has 1 heterocycles. The molecule has 3 nitrogen and oxygen atoms in total. The quantitative estimate of drug-likeness (QED) is 0.896. The van der Waals surface area contributed by atoms with Crippen LogP contribution in [0.3, 0.4) is 0 Å². The molecule has 0 aliphatic heterocycles. The van der Waals surface area contributed by atoms with Crippen LogP contribution in [-0.4, -0.2) is 12.2 Å². The molecule has 1 N–H and O–H groups in total. The minimum absolute atomic E-state index is 0.481. The fourth-order valence-electron chi connectivity index (χ4n) is 2.06. The molecule has 0 bridgehead atoms. The van der Waals surface area contributed by atoms with E-state index in [0.717, 1.165) is 29.9 Å². The van der Waals surface area contributed by atoms with E-state index >= 15 is 0 Å². The van der Waals surface area contributed by atoms with Gasteiger partial charge >= 0.3 is 0 Å². The van der Waals surface area contributed by atoms with Gasteiger partial charge in [0, 0.05) is 18.5 Å². The van der Waals surface area contributed by atoms with Crippen molar-refractivity contribution in [3.63, 3.8) is 0 Å². The van der Waals surface area contributed by atoms with E-state index in [1.54, 1.807) is 12.1 Å². The van der Waals surface area contributed by atoms with E-state index in [0.29, 0.717) is 21.7 Å². The predicted molar refractivity (Wildman–Crippen MR) is 73.5 cm³/mol. The van der Waals surface area contributed by atoms with Crippen molar-refractivity contribution in [2.75, 3.05) is 12.4 Å². The highest BCUT2D eigenvalue weighted by atomic mass is 35.5. The SMILES string of the molecule is CNc1c(-c2c(Cl)cccc2Cl)noc1C1CC1. The van der Waals surface area contributed by atoms with Crippen molar-refractivity contribution in [2.24, 2.45) is 0 Å². The number of benzene rings is 1. The second-order valence-corrected chi connectivity index (χ2v) is 5.21. The minimum Gasteiger partial charge on any atom is -0.383 e. The molecule has 0 unspecified atom stereocenters. The summed E-state index contributed by atoms with van der Waals surface area (Å²) >= 11 is 12.4. The van der Waals surface area contributed by atoms with Gasteiger partial charge in [-0.15, -0.1) is 0 Å². The fourth-order valence-corrected chi connectivity index (χ4v) is 2.64. The summed E-state index contributed by atoms with van der Waals surface area (Å²) in [7, 11) is 1.85. The first-order chi connectivity index (χ1) is 8.72. The standard InChI is InChI=1S/C13H12Cl2N2O/c1-16-12-11(17-18-13(12)7-5-6-7)10-8(14)3-2-4-9(10)15/h2-4,7,16H,5-6H2,1H3. The van der Waals surface area contributed by atoms with Gasteiger partial charge in [0.2, 0.25) is 0 Å². The van der Waals surface area contributed by atoms with Gasteiger partial charge in [-0.05, 0) is 25.0 Å². The second-order valence-electron chi connectivity index (χ2n) is 4.39. The van der Waals surface area contributed by atoms with Crippen molar-refractivity contribution in [3.8, 4) is 11.3 Å². The largest absolute Gasteiger partial charge is 0.383 e. The Morgan fingerprint density at radius 3 is 2.50 bits per heavy atom. The minimum atomic E-state index is 0.481. The first-order valence-corrected chi connectivity index (χ1v) is 6.59. The highest BCUT2D eigenvalue weighted by Gasteiger charge is 2.33. The van der Waals surface area contributed by atoms with Gasteiger partial charge < -0.3 is 9.84 Å². The van der Waals surface area contributed by atoms with E-state index in [-0.39, 0.29) is 0 Å². The molecule has 18 heavy (non-hydrogen) atoms. The number of aromatic nitrogens is 1. The van der Waals surface area contributed by atoms with Crippen LogP contribution in [0.1, 0.15) is 24.5 Å². The molecule has 1 aliphatic rings. The predicted octanol–water partition coefficient (Wildman–Crippen LogP) is 4.57. The number of hydrogen-bond acceptors (Lipinski definition) is 3. The molecule has 0 radical (unpaired) electrons. The third-order valence-electron chi connectivity index (χ3n) is 3.12. The van der Waals surface area contributed by atoms with Crippen LogP contribution in [0.4, 0.5) is 5.69 Å². The average Bonchev–Trinajstić information content (AvgIpc) is 3.10. The van der Waals surface area contributed by atoms with E-state index in [9.17, 15) is 0 Å². The molecule has 1 fully saturated rings. The Balaban J connectivity index is 2.16. The number of hydrogen-bond donors (Lipinski definition) is 1. The highest BCUT2D eigenvalue weighted by molar-refractivity contribution is 6.39. The molecule has 0 amide bonds. The van der Waals surface area contributed by atoms with E-state index in [4.69, 9.17) is 27.7 Å². The summed E-state index contributed by atoms with van der Waals surface area (Å²) in [6, 6.07) is 5.41. The summed E-state index contributed by atoms with van der Waals surface area (Å²) in [6.45, 7) is 0. The lowest BCUT2D eigenvalue weighted by Crippen LogP contribution is -1.93. The molecule has 1 saturated carbocycles. The van der Waals surface area contributed by atoms with Crippen LogP contribution in [0.25, 0.3) is 11.3 Å². The van der Waals surface area contributed by atoms with Gasteiger partial charge in [-0.2, -0.15) is 0 Å². The maximum Gasteiger partial charge on any atom is 0.163 e. The summed E-state index contributed by atoms with van der Waals surface area (Å²) in [5.74, 6) is 1.39. The molecule has 1 aliphatic carbocycles. The Hall–Kier alpha value is -1.19. The van der Waals surface area contributed by atoms with Crippen molar-refractivity contribution >= 4 is 28.9 Å². The van der Waals surface area contributed by atoms with Gasteiger partial charge in [0.05, 0.1) is 10.0 Å². The van der Waals surface area contributed by atoms with Crippen LogP contribution in [-0.2, 0) is 0 Å². The Morgan fingerprint density at radius 1 is 1.28 bits per heavy atom. The van der Waals surface area contributed by atoms with E-state index in [2.05, 4.69) is 10.5 Å². The van der Waals surface area contributed by atoms with Gasteiger partial charge in [-0.3, -0.25) is 0 Å². The van der Waals surface area contributed by atoms with Gasteiger partial charge in [0.25, 0.3) is 0 Å². The monoisotopic (exact) mass is 282 g/mol. The van der Waals surface area contributed by atoms with E-state index in [1.165, 1.54) is 0 Å². The zero-order valence-corrected chi connectivity index (χ0v) is 11.3. The summed E-state index contributed by atoms with van der Waals surface area (Å²) in [5.41, 5.74) is 2.31. The van der Waals surface area contributed by atoms with Crippen LogP contribution < -0.4 is 5.32 Å². The molecule has 94 valence electrons. The van der Waals surface area contributed by atoms with Crippen LogP contribution in [0.5, 0.6) is 0 Å². The number of nitrogens with zero attached hydrogens (tertiary/aromatic N) is 1. The Bertz CT molecular complexity index is 570. The molecule has 0 saturated heterocycles. The molecule has 1 aromatic heterocycles. The molecular weight excluding hydrogens is 271 g/mol. The number of rotatable bonds is 3. The summed E-state index contributed by atoms with van der Waals surface area (Å²) in [6.07, 6.45) is 2.30.